The van der Waals surface area contributed by atoms with Crippen LogP contribution < -0.4 is 10.2 Å². The topological polar surface area (TPSA) is 28.2 Å². The molecule has 0 radical (unpaired) electrons. The van der Waals surface area contributed by atoms with E-state index in [-0.39, 0.29) is 0 Å². The number of nitrogens with zero attached hydrogens (tertiary/aromatic N) is 2. The molecule has 1 fully saturated rings. The molecule has 0 aromatic carbocycles. The Balaban J connectivity index is 1.86. The Morgan fingerprint density at radius 3 is 2.95 bits per heavy atom. The molecule has 4 heteroatoms. The monoisotopic (exact) mass is 279 g/mol. The third kappa shape index (κ3) is 2.65. The second kappa shape index (κ2) is 5.80. The molecule has 1 N–H and O–H groups in total. The van der Waals surface area contributed by atoms with Gasteiger partial charge in [-0.25, -0.2) is 4.98 Å². The maximum Gasteiger partial charge on any atom is 0.186 e. The highest BCUT2D eigenvalue weighted by Crippen LogP contribution is 2.38. The lowest BCUT2D eigenvalue weighted by Crippen LogP contribution is -2.32. The third-order valence-corrected chi connectivity index (χ3v) is 5.76. The highest BCUT2D eigenvalue weighted by molar-refractivity contribution is 7.15. The zero-order valence-electron chi connectivity index (χ0n) is 12.1. The molecule has 3 nitrogen and oxygen atoms in total. The van der Waals surface area contributed by atoms with Gasteiger partial charge in [0.05, 0.1) is 11.7 Å². The van der Waals surface area contributed by atoms with E-state index in [0.717, 1.165) is 0 Å². The summed E-state index contributed by atoms with van der Waals surface area (Å²) in [6.45, 7) is 3.55. The largest absolute Gasteiger partial charge is 0.345 e. The molecule has 2 unspecified atom stereocenters. The van der Waals surface area contributed by atoms with Crippen molar-refractivity contribution in [2.45, 2.75) is 64.0 Å². The molecule has 106 valence electrons. The summed E-state index contributed by atoms with van der Waals surface area (Å²) in [6, 6.07) is 1.14. The lowest BCUT2D eigenvalue weighted by Gasteiger charge is -2.26. The lowest BCUT2D eigenvalue weighted by atomic mass is 9.98. The Morgan fingerprint density at radius 2 is 2.11 bits per heavy atom. The van der Waals surface area contributed by atoms with E-state index in [1.807, 2.05) is 11.3 Å². The number of hydrogen-bond acceptors (Lipinski definition) is 4. The van der Waals surface area contributed by atoms with Gasteiger partial charge in [-0.15, -0.1) is 11.3 Å². The Labute approximate surface area is 120 Å². The van der Waals surface area contributed by atoms with Gasteiger partial charge in [-0.05, 0) is 46.1 Å². The molecular formula is C15H25N3S. The first kappa shape index (κ1) is 13.4. The summed E-state index contributed by atoms with van der Waals surface area (Å²) in [5.41, 5.74) is 1.34. The fourth-order valence-corrected chi connectivity index (χ4v) is 4.66. The molecule has 2 atom stereocenters. The van der Waals surface area contributed by atoms with Gasteiger partial charge in [0.1, 0.15) is 0 Å². The van der Waals surface area contributed by atoms with Crippen molar-refractivity contribution in [1.82, 2.24) is 10.3 Å². The van der Waals surface area contributed by atoms with Crippen LogP contribution in [0.25, 0.3) is 0 Å². The average Bonchev–Trinajstić information content (AvgIpc) is 2.74. The zero-order valence-corrected chi connectivity index (χ0v) is 12.9. The second-order valence-corrected chi connectivity index (χ2v) is 6.99. The summed E-state index contributed by atoms with van der Waals surface area (Å²) < 4.78 is 0. The van der Waals surface area contributed by atoms with Crippen molar-refractivity contribution in [1.29, 1.82) is 0 Å². The number of anilines is 1. The predicted molar refractivity (Wildman–Crippen MR) is 82.1 cm³/mol. The van der Waals surface area contributed by atoms with Gasteiger partial charge < -0.3 is 10.2 Å². The van der Waals surface area contributed by atoms with Gasteiger partial charge in [-0.1, -0.05) is 12.8 Å². The van der Waals surface area contributed by atoms with E-state index in [1.54, 1.807) is 0 Å². The number of aryl methyl sites for hydroxylation is 1. The van der Waals surface area contributed by atoms with Crippen LogP contribution in [0.4, 0.5) is 5.13 Å². The van der Waals surface area contributed by atoms with E-state index in [0.29, 0.717) is 12.1 Å². The molecule has 0 amide bonds. The number of rotatable bonds is 2. The third-order valence-electron chi connectivity index (χ3n) is 4.59. The molecule has 0 saturated carbocycles. The van der Waals surface area contributed by atoms with Crippen molar-refractivity contribution in [3.63, 3.8) is 0 Å². The van der Waals surface area contributed by atoms with E-state index in [9.17, 15) is 0 Å². The predicted octanol–water partition coefficient (Wildman–Crippen LogP) is 3.51. The SMILES string of the molecule is CNC1CCCc2sc(N3CCCCCC3C)nc21. The summed E-state index contributed by atoms with van der Waals surface area (Å²) in [5, 5.41) is 4.70. The van der Waals surface area contributed by atoms with E-state index in [1.165, 1.54) is 67.2 Å². The van der Waals surface area contributed by atoms with Crippen LogP contribution in [0.2, 0.25) is 0 Å². The summed E-state index contributed by atoms with van der Waals surface area (Å²) in [4.78, 5) is 9.08. The first-order valence-electron chi connectivity index (χ1n) is 7.73. The van der Waals surface area contributed by atoms with Crippen molar-refractivity contribution >= 4 is 16.5 Å². The molecule has 1 aliphatic carbocycles. The van der Waals surface area contributed by atoms with Gasteiger partial charge in [-0.3, -0.25) is 0 Å². The van der Waals surface area contributed by atoms with Gasteiger partial charge in [0.25, 0.3) is 0 Å². The zero-order chi connectivity index (χ0) is 13.2. The molecule has 3 rings (SSSR count). The van der Waals surface area contributed by atoms with Gasteiger partial charge in [0.2, 0.25) is 0 Å². The van der Waals surface area contributed by atoms with Crippen molar-refractivity contribution in [2.75, 3.05) is 18.5 Å². The number of fused-ring (bicyclic) bond motifs is 1. The fourth-order valence-electron chi connectivity index (χ4n) is 3.37. The Kier molecular flexibility index (Phi) is 4.08. The van der Waals surface area contributed by atoms with E-state index >= 15 is 0 Å². The second-order valence-electron chi connectivity index (χ2n) is 5.93. The standard InChI is InChI=1S/C15H25N3S/c1-11-7-4-3-5-10-18(11)15-17-14-12(16-2)8-6-9-13(14)19-15/h11-12,16H,3-10H2,1-2H3. The van der Waals surface area contributed by atoms with Crippen molar-refractivity contribution < 1.29 is 0 Å². The van der Waals surface area contributed by atoms with Crippen molar-refractivity contribution in [2.24, 2.45) is 0 Å². The van der Waals surface area contributed by atoms with Crippen LogP contribution in [-0.2, 0) is 6.42 Å². The van der Waals surface area contributed by atoms with Gasteiger partial charge >= 0.3 is 0 Å². The van der Waals surface area contributed by atoms with Crippen molar-refractivity contribution in [3.05, 3.63) is 10.6 Å². The van der Waals surface area contributed by atoms with Crippen LogP contribution in [0.5, 0.6) is 0 Å². The molecular weight excluding hydrogens is 254 g/mol. The Morgan fingerprint density at radius 1 is 1.21 bits per heavy atom. The molecule has 2 heterocycles. The first-order valence-corrected chi connectivity index (χ1v) is 8.54. The molecule has 0 bridgehead atoms. The Bertz CT molecular complexity index is 429. The van der Waals surface area contributed by atoms with Crippen LogP contribution >= 0.6 is 11.3 Å². The first-order chi connectivity index (χ1) is 9.29. The Hall–Kier alpha value is -0.610. The number of nitrogens with one attached hydrogen (secondary N) is 1. The molecule has 19 heavy (non-hydrogen) atoms. The summed E-state index contributed by atoms with van der Waals surface area (Å²) >= 11 is 1.95. The number of hydrogen-bond donors (Lipinski definition) is 1. The van der Waals surface area contributed by atoms with E-state index < -0.39 is 0 Å². The van der Waals surface area contributed by atoms with Crippen LogP contribution in [0, 0.1) is 0 Å². The molecule has 0 spiro atoms. The molecule has 1 aromatic rings. The molecule has 1 saturated heterocycles. The van der Waals surface area contributed by atoms with E-state index in [4.69, 9.17) is 4.98 Å². The molecule has 2 aliphatic rings. The minimum Gasteiger partial charge on any atom is -0.345 e. The highest BCUT2D eigenvalue weighted by atomic mass is 32.1. The number of thiazole rings is 1. The fraction of sp³-hybridized carbons (Fsp3) is 0.800. The lowest BCUT2D eigenvalue weighted by molar-refractivity contribution is 0.489. The normalized spacial score (nSPS) is 28.0. The molecule has 1 aliphatic heterocycles. The van der Waals surface area contributed by atoms with Gasteiger partial charge in [0.15, 0.2) is 5.13 Å². The molecule has 1 aromatic heterocycles. The maximum absolute atomic E-state index is 5.00. The number of aromatic nitrogens is 1. The smallest absolute Gasteiger partial charge is 0.186 e. The minimum absolute atomic E-state index is 0.482. The van der Waals surface area contributed by atoms with Crippen LogP contribution in [-0.4, -0.2) is 24.6 Å². The van der Waals surface area contributed by atoms with Crippen molar-refractivity contribution in [3.8, 4) is 0 Å². The summed E-state index contributed by atoms with van der Waals surface area (Å²) in [5.74, 6) is 0. The quantitative estimate of drug-likeness (QED) is 0.898. The van der Waals surface area contributed by atoms with Crippen LogP contribution in [0.15, 0.2) is 0 Å². The van der Waals surface area contributed by atoms with Crippen LogP contribution in [0.3, 0.4) is 0 Å². The van der Waals surface area contributed by atoms with E-state index in [2.05, 4.69) is 24.2 Å². The summed E-state index contributed by atoms with van der Waals surface area (Å²) in [6.07, 6.45) is 9.17. The summed E-state index contributed by atoms with van der Waals surface area (Å²) in [7, 11) is 2.06. The highest BCUT2D eigenvalue weighted by Gasteiger charge is 2.27. The average molecular weight is 279 g/mol. The van der Waals surface area contributed by atoms with Gasteiger partial charge in [-0.2, -0.15) is 0 Å². The minimum atomic E-state index is 0.482. The van der Waals surface area contributed by atoms with Gasteiger partial charge in [0, 0.05) is 17.5 Å². The van der Waals surface area contributed by atoms with Crippen LogP contribution in [0.1, 0.15) is 62.1 Å². The maximum atomic E-state index is 5.00.